The molecule has 22 heavy (non-hydrogen) atoms. The van der Waals surface area contributed by atoms with Crippen LogP contribution < -0.4 is 10.2 Å². The highest BCUT2D eigenvalue weighted by Crippen LogP contribution is 2.27. The van der Waals surface area contributed by atoms with Gasteiger partial charge in [-0.3, -0.25) is 4.79 Å². The molecule has 0 unspecified atom stereocenters. The maximum Gasteiger partial charge on any atom is 0.277 e. The Hall–Kier alpha value is -2.05. The number of phenols is 1. The molecule has 5 nitrogen and oxygen atoms in total. The molecule has 114 valence electrons. The van der Waals surface area contributed by atoms with Crippen molar-refractivity contribution in [1.29, 1.82) is 0 Å². The molecule has 2 N–H and O–H groups in total. The van der Waals surface area contributed by atoms with Crippen molar-refractivity contribution >= 4 is 39.7 Å². The van der Waals surface area contributed by atoms with E-state index in [0.717, 1.165) is 10.0 Å². The molecule has 0 aliphatic heterocycles. The van der Waals surface area contributed by atoms with E-state index in [1.165, 1.54) is 18.3 Å². The number of hydrogen-bond donors (Lipinski definition) is 2. The average Bonchev–Trinajstić information content (AvgIpc) is 2.48. The summed E-state index contributed by atoms with van der Waals surface area (Å²) >= 11 is 9.26. The Morgan fingerprint density at radius 3 is 2.73 bits per heavy atom. The Labute approximate surface area is 140 Å². The lowest BCUT2D eigenvalue weighted by Gasteiger charge is -2.07. The summed E-state index contributed by atoms with van der Waals surface area (Å²) in [5, 5.41) is 13.3. The van der Waals surface area contributed by atoms with Crippen molar-refractivity contribution in [1.82, 2.24) is 5.43 Å². The molecular weight excluding hydrogens is 372 g/mol. The van der Waals surface area contributed by atoms with Crippen molar-refractivity contribution in [3.63, 3.8) is 0 Å². The molecule has 0 saturated heterocycles. The van der Waals surface area contributed by atoms with Gasteiger partial charge in [0.05, 0.1) is 11.2 Å². The summed E-state index contributed by atoms with van der Waals surface area (Å²) < 4.78 is 6.13. The SMILES string of the molecule is O=C(COc1ccc(Br)cc1Cl)NN=Cc1ccc(O)cc1. The second-order valence-corrected chi connectivity index (χ2v) is 5.57. The number of carbonyl (C=O) groups is 1. The lowest BCUT2D eigenvalue weighted by atomic mass is 10.2. The topological polar surface area (TPSA) is 70.9 Å². The second kappa shape index (κ2) is 7.82. The lowest BCUT2D eigenvalue weighted by molar-refractivity contribution is -0.123. The van der Waals surface area contributed by atoms with Crippen molar-refractivity contribution < 1.29 is 14.6 Å². The van der Waals surface area contributed by atoms with Crippen LogP contribution in [-0.4, -0.2) is 23.8 Å². The first-order valence-corrected chi connectivity index (χ1v) is 7.40. The molecule has 0 radical (unpaired) electrons. The number of carbonyl (C=O) groups excluding carboxylic acids is 1. The Morgan fingerprint density at radius 2 is 2.05 bits per heavy atom. The van der Waals surface area contributed by atoms with Crippen molar-refractivity contribution in [2.24, 2.45) is 5.10 Å². The largest absolute Gasteiger partial charge is 0.508 e. The van der Waals surface area contributed by atoms with Crippen molar-refractivity contribution in [2.75, 3.05) is 6.61 Å². The molecule has 7 heteroatoms. The molecular formula is C15H12BrClN2O3. The van der Waals surface area contributed by atoms with Gasteiger partial charge in [-0.25, -0.2) is 5.43 Å². The lowest BCUT2D eigenvalue weighted by Crippen LogP contribution is -2.24. The zero-order valence-corrected chi connectivity index (χ0v) is 13.6. The maximum atomic E-state index is 11.6. The first kappa shape index (κ1) is 16.3. The predicted molar refractivity (Wildman–Crippen MR) is 88.5 cm³/mol. The van der Waals surface area contributed by atoms with Gasteiger partial charge in [-0.2, -0.15) is 5.10 Å². The molecule has 0 aliphatic rings. The third-order valence-electron chi connectivity index (χ3n) is 2.55. The number of hydrazone groups is 1. The van der Waals surface area contributed by atoms with E-state index in [2.05, 4.69) is 26.5 Å². The van der Waals surface area contributed by atoms with E-state index < -0.39 is 5.91 Å². The fourth-order valence-corrected chi connectivity index (χ4v) is 2.24. The molecule has 0 heterocycles. The van der Waals surface area contributed by atoms with Crippen LogP contribution in [0.25, 0.3) is 0 Å². The summed E-state index contributed by atoms with van der Waals surface area (Å²) in [5.74, 6) is 0.178. The number of nitrogens with one attached hydrogen (secondary N) is 1. The number of nitrogens with zero attached hydrogens (tertiary/aromatic N) is 1. The normalized spacial score (nSPS) is 10.6. The highest BCUT2D eigenvalue weighted by molar-refractivity contribution is 9.10. The minimum Gasteiger partial charge on any atom is -0.508 e. The number of amides is 1. The monoisotopic (exact) mass is 382 g/mol. The van der Waals surface area contributed by atoms with Gasteiger partial charge >= 0.3 is 0 Å². The summed E-state index contributed by atoms with van der Waals surface area (Å²) in [7, 11) is 0. The number of rotatable bonds is 5. The minimum atomic E-state index is -0.408. The van der Waals surface area contributed by atoms with Crippen LogP contribution in [0, 0.1) is 0 Å². The van der Waals surface area contributed by atoms with Crippen molar-refractivity contribution in [3.8, 4) is 11.5 Å². The first-order valence-electron chi connectivity index (χ1n) is 6.23. The summed E-state index contributed by atoms with van der Waals surface area (Å²) in [6.45, 7) is -0.200. The van der Waals surface area contributed by atoms with Gasteiger partial charge in [0.2, 0.25) is 0 Å². The molecule has 2 aromatic rings. The van der Waals surface area contributed by atoms with Gasteiger partial charge in [0.1, 0.15) is 11.5 Å². The number of phenolic OH excluding ortho intramolecular Hbond substituents is 1. The van der Waals surface area contributed by atoms with E-state index >= 15 is 0 Å². The summed E-state index contributed by atoms with van der Waals surface area (Å²) in [6, 6.07) is 11.5. The Balaban J connectivity index is 1.81. The predicted octanol–water partition coefficient (Wildman–Crippen LogP) is 3.34. The van der Waals surface area contributed by atoms with E-state index in [1.54, 1.807) is 30.3 Å². The quantitative estimate of drug-likeness (QED) is 0.614. The van der Waals surface area contributed by atoms with E-state index in [4.69, 9.17) is 21.4 Å². The third kappa shape index (κ3) is 5.05. The molecule has 0 fully saturated rings. The molecule has 1 amide bonds. The summed E-state index contributed by atoms with van der Waals surface area (Å²) in [4.78, 5) is 11.6. The summed E-state index contributed by atoms with van der Waals surface area (Å²) in [5.41, 5.74) is 3.08. The van der Waals surface area contributed by atoms with Crippen LogP contribution in [0.4, 0.5) is 0 Å². The zero-order valence-electron chi connectivity index (χ0n) is 11.3. The Morgan fingerprint density at radius 1 is 1.32 bits per heavy atom. The maximum absolute atomic E-state index is 11.6. The van der Waals surface area contributed by atoms with Crippen LogP contribution in [-0.2, 0) is 4.79 Å². The Bertz CT molecular complexity index is 690. The van der Waals surface area contributed by atoms with Crippen LogP contribution in [0.15, 0.2) is 52.0 Å². The zero-order chi connectivity index (χ0) is 15.9. The number of aromatic hydroxyl groups is 1. The average molecular weight is 384 g/mol. The molecule has 2 rings (SSSR count). The van der Waals surface area contributed by atoms with Gasteiger partial charge in [0.25, 0.3) is 5.91 Å². The molecule has 0 saturated carbocycles. The van der Waals surface area contributed by atoms with Gasteiger partial charge in [-0.05, 0) is 48.0 Å². The second-order valence-electron chi connectivity index (χ2n) is 4.25. The Kier molecular flexibility index (Phi) is 5.80. The fourth-order valence-electron chi connectivity index (χ4n) is 1.51. The molecule has 0 aliphatic carbocycles. The van der Waals surface area contributed by atoms with Gasteiger partial charge in [0.15, 0.2) is 6.61 Å². The molecule has 0 bridgehead atoms. The van der Waals surface area contributed by atoms with Crippen molar-refractivity contribution in [2.45, 2.75) is 0 Å². The van der Waals surface area contributed by atoms with Crippen LogP contribution in [0.1, 0.15) is 5.56 Å². The van der Waals surface area contributed by atoms with Crippen LogP contribution >= 0.6 is 27.5 Å². The van der Waals surface area contributed by atoms with E-state index in [1.807, 2.05) is 0 Å². The number of hydrogen-bond acceptors (Lipinski definition) is 4. The standard InChI is InChI=1S/C15H12BrClN2O3/c16-11-3-6-14(13(17)7-11)22-9-15(21)19-18-8-10-1-4-12(20)5-2-10/h1-8,20H,9H2,(H,19,21). The van der Waals surface area contributed by atoms with Crippen LogP contribution in [0.5, 0.6) is 11.5 Å². The molecule has 0 aromatic heterocycles. The van der Waals surface area contributed by atoms with Crippen LogP contribution in [0.2, 0.25) is 5.02 Å². The van der Waals surface area contributed by atoms with Gasteiger partial charge in [0, 0.05) is 4.47 Å². The van der Waals surface area contributed by atoms with Gasteiger partial charge < -0.3 is 9.84 Å². The fraction of sp³-hybridized carbons (Fsp3) is 0.0667. The highest BCUT2D eigenvalue weighted by Gasteiger charge is 2.05. The first-order chi connectivity index (χ1) is 10.5. The van der Waals surface area contributed by atoms with E-state index in [9.17, 15) is 4.79 Å². The van der Waals surface area contributed by atoms with E-state index in [0.29, 0.717) is 10.8 Å². The minimum absolute atomic E-state index is 0.168. The highest BCUT2D eigenvalue weighted by atomic mass is 79.9. The molecule has 0 atom stereocenters. The summed E-state index contributed by atoms with van der Waals surface area (Å²) in [6.07, 6.45) is 1.46. The molecule has 0 spiro atoms. The van der Waals surface area contributed by atoms with Gasteiger partial charge in [-0.1, -0.05) is 27.5 Å². The number of benzene rings is 2. The van der Waals surface area contributed by atoms with Crippen molar-refractivity contribution in [3.05, 3.63) is 57.5 Å². The third-order valence-corrected chi connectivity index (χ3v) is 3.34. The van der Waals surface area contributed by atoms with Gasteiger partial charge in [-0.15, -0.1) is 0 Å². The van der Waals surface area contributed by atoms with E-state index in [-0.39, 0.29) is 12.4 Å². The number of ether oxygens (including phenoxy) is 1. The molecule has 2 aromatic carbocycles. The number of halogens is 2. The van der Waals surface area contributed by atoms with Crippen LogP contribution in [0.3, 0.4) is 0 Å². The smallest absolute Gasteiger partial charge is 0.277 e.